The Balaban J connectivity index is 0.000000294. The number of aromatic nitrogens is 1. The van der Waals surface area contributed by atoms with Gasteiger partial charge in [0.15, 0.2) is 5.78 Å². The molecule has 0 atom stereocenters. The standard InChI is InChI=1S/C21H16NO.C13H24O2.Ir/c1-14-9-15(2)11-18(10-14)23-21-12-20-17(13-22-21)8-7-16-5-3-4-6-19(16)20;1-5-10(6-2)12(14)9-13(15)11(7-3)8-4;/h3-10,12-13H,1-2H3;9-11,14H,5-8H2,1-4H3;/q-1;;. The van der Waals surface area contributed by atoms with E-state index in [4.69, 9.17) is 4.74 Å². The van der Waals surface area contributed by atoms with E-state index in [2.05, 4.69) is 60.4 Å². The Labute approximate surface area is 246 Å². The summed E-state index contributed by atoms with van der Waals surface area (Å²) in [6.45, 7) is 12.1. The number of rotatable bonds is 9. The van der Waals surface area contributed by atoms with E-state index in [1.165, 1.54) is 16.8 Å². The molecule has 4 aromatic rings. The number of pyridine rings is 1. The Kier molecular flexibility index (Phi) is 12.8. The number of carbonyl (C=O) groups excluding carboxylic acids is 1. The molecule has 0 aliphatic rings. The molecule has 0 aliphatic heterocycles. The Morgan fingerprint density at radius 2 is 1.54 bits per heavy atom. The molecule has 0 saturated carbocycles. The Hall–Kier alpha value is -3.01. The van der Waals surface area contributed by atoms with Crippen molar-refractivity contribution in [3.63, 3.8) is 0 Å². The first kappa shape index (κ1) is 32.2. The summed E-state index contributed by atoms with van der Waals surface area (Å²) >= 11 is 0. The third-order valence-electron chi connectivity index (χ3n) is 7.02. The summed E-state index contributed by atoms with van der Waals surface area (Å²) in [5, 5.41) is 14.4. The maximum absolute atomic E-state index is 11.7. The van der Waals surface area contributed by atoms with Gasteiger partial charge in [0.2, 0.25) is 5.88 Å². The van der Waals surface area contributed by atoms with Crippen molar-refractivity contribution in [1.29, 1.82) is 0 Å². The van der Waals surface area contributed by atoms with Crippen LogP contribution >= 0.6 is 0 Å². The fourth-order valence-corrected chi connectivity index (χ4v) is 4.74. The van der Waals surface area contributed by atoms with Crippen molar-refractivity contribution in [3.05, 3.63) is 89.8 Å². The van der Waals surface area contributed by atoms with Crippen LogP contribution in [-0.2, 0) is 24.9 Å². The first-order valence-electron chi connectivity index (χ1n) is 13.7. The fraction of sp³-hybridized carbons (Fsp3) is 0.353. The van der Waals surface area contributed by atoms with Crippen LogP contribution in [0.25, 0.3) is 21.5 Å². The van der Waals surface area contributed by atoms with Crippen LogP contribution in [0.1, 0.15) is 64.5 Å². The van der Waals surface area contributed by atoms with Gasteiger partial charge >= 0.3 is 0 Å². The maximum atomic E-state index is 11.7. The van der Waals surface area contributed by atoms with Gasteiger partial charge in [-0.3, -0.25) is 4.79 Å². The predicted octanol–water partition coefficient (Wildman–Crippen LogP) is 9.46. The van der Waals surface area contributed by atoms with Gasteiger partial charge in [-0.05, 0) is 41.8 Å². The van der Waals surface area contributed by atoms with E-state index in [1.54, 1.807) is 0 Å². The Bertz CT molecular complexity index is 1380. The molecule has 4 nitrogen and oxygen atoms in total. The maximum Gasteiger partial charge on any atom is 0.217 e. The molecule has 3 aromatic carbocycles. The molecule has 1 radical (unpaired) electrons. The van der Waals surface area contributed by atoms with Gasteiger partial charge in [0.25, 0.3) is 0 Å². The van der Waals surface area contributed by atoms with Crippen molar-refractivity contribution >= 4 is 27.3 Å². The molecule has 209 valence electrons. The van der Waals surface area contributed by atoms with Gasteiger partial charge < -0.3 is 9.84 Å². The number of benzene rings is 3. The van der Waals surface area contributed by atoms with E-state index in [1.807, 2.05) is 52.9 Å². The normalized spacial score (nSPS) is 11.3. The van der Waals surface area contributed by atoms with Gasteiger partial charge in [0, 0.05) is 61.4 Å². The number of nitrogens with zero attached hydrogens (tertiary/aromatic N) is 1. The number of aliphatic hydroxyl groups is 1. The summed E-state index contributed by atoms with van der Waals surface area (Å²) < 4.78 is 5.93. The van der Waals surface area contributed by atoms with Crippen molar-refractivity contribution in [2.24, 2.45) is 11.8 Å². The molecule has 4 rings (SSSR count). The molecule has 1 heterocycles. The van der Waals surface area contributed by atoms with Crippen LogP contribution in [0.4, 0.5) is 0 Å². The molecule has 0 aliphatic carbocycles. The van der Waals surface area contributed by atoms with Gasteiger partial charge in [0.1, 0.15) is 0 Å². The number of hydrogen-bond donors (Lipinski definition) is 1. The van der Waals surface area contributed by atoms with Gasteiger partial charge in [-0.1, -0.05) is 77.9 Å². The Morgan fingerprint density at radius 1 is 0.897 bits per heavy atom. The van der Waals surface area contributed by atoms with Gasteiger partial charge in [-0.15, -0.1) is 12.1 Å². The van der Waals surface area contributed by atoms with Crippen LogP contribution in [-0.4, -0.2) is 15.9 Å². The third-order valence-corrected chi connectivity index (χ3v) is 7.02. The van der Waals surface area contributed by atoms with Crippen LogP contribution in [0.15, 0.2) is 72.6 Å². The number of fused-ring (bicyclic) bond motifs is 3. The average molecular weight is 703 g/mol. The zero-order valence-corrected chi connectivity index (χ0v) is 26.3. The zero-order valence-electron chi connectivity index (χ0n) is 23.9. The van der Waals surface area contributed by atoms with Crippen LogP contribution in [0.3, 0.4) is 0 Å². The summed E-state index contributed by atoms with van der Waals surface area (Å²) in [5.41, 5.74) is 2.22. The minimum Gasteiger partial charge on any atom is -0.512 e. The minimum absolute atomic E-state index is 0. The number of carbonyl (C=O) groups is 1. The van der Waals surface area contributed by atoms with E-state index in [-0.39, 0.29) is 43.5 Å². The van der Waals surface area contributed by atoms with Gasteiger partial charge in [-0.25, -0.2) is 4.98 Å². The SMILES string of the molecule is CCC(CC)C(=O)C=C(O)C(CC)CC.Cc1[c-]c(Oc2cc3c(ccc4ccccc43)cn2)cc(C)c1.[Ir]. The van der Waals surface area contributed by atoms with Crippen LogP contribution < -0.4 is 4.74 Å². The molecule has 1 aromatic heterocycles. The van der Waals surface area contributed by atoms with E-state index in [0.717, 1.165) is 47.6 Å². The van der Waals surface area contributed by atoms with Crippen LogP contribution in [0, 0.1) is 31.7 Å². The monoisotopic (exact) mass is 703 g/mol. The largest absolute Gasteiger partial charge is 0.512 e. The summed E-state index contributed by atoms with van der Waals surface area (Å²) in [7, 11) is 0. The van der Waals surface area contributed by atoms with Crippen molar-refractivity contribution in [1.82, 2.24) is 4.98 Å². The van der Waals surface area contributed by atoms with Crippen molar-refractivity contribution < 1.29 is 34.7 Å². The topological polar surface area (TPSA) is 59.4 Å². The number of ether oxygens (including phenoxy) is 1. The molecule has 0 saturated heterocycles. The van der Waals surface area contributed by atoms with E-state index in [0.29, 0.717) is 11.6 Å². The predicted molar refractivity (Wildman–Crippen MR) is 158 cm³/mol. The average Bonchev–Trinajstić information content (AvgIpc) is 2.90. The second-order valence-electron chi connectivity index (χ2n) is 9.84. The fourth-order valence-electron chi connectivity index (χ4n) is 4.74. The molecule has 0 bridgehead atoms. The van der Waals surface area contributed by atoms with Crippen LogP contribution in [0.2, 0.25) is 0 Å². The second-order valence-corrected chi connectivity index (χ2v) is 9.84. The molecule has 0 unspecified atom stereocenters. The van der Waals surface area contributed by atoms with Crippen molar-refractivity contribution in [2.75, 3.05) is 0 Å². The molecule has 0 spiro atoms. The minimum atomic E-state index is 0. The van der Waals surface area contributed by atoms with Crippen molar-refractivity contribution in [3.8, 4) is 11.6 Å². The third kappa shape index (κ3) is 8.74. The quantitative estimate of drug-likeness (QED) is 0.0818. The summed E-state index contributed by atoms with van der Waals surface area (Å²) in [4.78, 5) is 16.1. The molecule has 0 fully saturated rings. The molecule has 1 N–H and O–H groups in total. The molecule has 0 amide bonds. The number of aryl methyl sites for hydroxylation is 2. The Morgan fingerprint density at radius 3 is 2.18 bits per heavy atom. The number of allylic oxidation sites excluding steroid dienone is 2. The zero-order chi connectivity index (χ0) is 27.7. The smallest absolute Gasteiger partial charge is 0.217 e. The van der Waals surface area contributed by atoms with Crippen molar-refractivity contribution in [2.45, 2.75) is 67.2 Å². The van der Waals surface area contributed by atoms with Gasteiger partial charge in [0.05, 0.1) is 5.76 Å². The summed E-state index contributed by atoms with van der Waals surface area (Å²) in [6.07, 6.45) is 6.77. The number of hydrogen-bond acceptors (Lipinski definition) is 4. The van der Waals surface area contributed by atoms with E-state index < -0.39 is 0 Å². The number of ketones is 1. The van der Waals surface area contributed by atoms with E-state index in [9.17, 15) is 9.90 Å². The van der Waals surface area contributed by atoms with E-state index >= 15 is 0 Å². The first-order chi connectivity index (χ1) is 18.3. The molecule has 5 heteroatoms. The second kappa shape index (κ2) is 15.5. The summed E-state index contributed by atoms with van der Waals surface area (Å²) in [6, 6.07) is 21.8. The van der Waals surface area contributed by atoms with Crippen LogP contribution in [0.5, 0.6) is 11.6 Å². The number of aliphatic hydroxyl groups excluding tert-OH is 1. The first-order valence-corrected chi connectivity index (χ1v) is 13.7. The van der Waals surface area contributed by atoms with Gasteiger partial charge in [-0.2, -0.15) is 17.2 Å². The summed E-state index contributed by atoms with van der Waals surface area (Å²) in [5.74, 6) is 1.84. The molecule has 39 heavy (non-hydrogen) atoms. The molecular formula is C34H40IrNO3-. The molecular weight excluding hydrogens is 663 g/mol.